The van der Waals surface area contributed by atoms with E-state index in [1.165, 1.54) is 0 Å². The van der Waals surface area contributed by atoms with E-state index in [9.17, 15) is 18.4 Å². The van der Waals surface area contributed by atoms with Crippen molar-refractivity contribution < 1.29 is 33.0 Å². The van der Waals surface area contributed by atoms with E-state index in [0.29, 0.717) is 45.8 Å². The number of hydrogen-bond donors (Lipinski definition) is 3. The van der Waals surface area contributed by atoms with Crippen LogP contribution in [0.3, 0.4) is 0 Å². The fraction of sp³-hybridized carbons (Fsp3) is 0.833. The number of hydrogen-bond acceptors (Lipinski definition) is 5. The van der Waals surface area contributed by atoms with Gasteiger partial charge in [-0.05, 0) is 25.3 Å². The van der Waals surface area contributed by atoms with Gasteiger partial charge in [-0.15, -0.1) is 0 Å². The second kappa shape index (κ2) is 9.19. The van der Waals surface area contributed by atoms with Crippen molar-refractivity contribution in [3.8, 4) is 6.07 Å². The Morgan fingerprint density at radius 2 is 1.83 bits per heavy atom. The highest BCUT2D eigenvalue weighted by Crippen LogP contribution is 2.37. The van der Waals surface area contributed by atoms with Crippen molar-refractivity contribution in [1.82, 2.24) is 10.6 Å². The summed E-state index contributed by atoms with van der Waals surface area (Å²) in [6, 6.07) is -0.667. The first-order valence-electron chi connectivity index (χ1n) is 9.58. The van der Waals surface area contributed by atoms with E-state index in [4.69, 9.17) is 25.6 Å². The zero-order valence-corrected chi connectivity index (χ0v) is 16.3. The number of urea groups is 1. The highest BCUT2D eigenvalue weighted by Gasteiger charge is 2.41. The number of nitrogens with one attached hydrogen (secondary N) is 3. The van der Waals surface area contributed by atoms with E-state index in [-0.39, 0.29) is 6.04 Å². The Kier molecular flexibility index (Phi) is 7.37. The number of nitriles is 1. The molecule has 3 aliphatic rings. The number of ether oxygens (including phenoxy) is 2. The van der Waals surface area contributed by atoms with Crippen LogP contribution in [0.25, 0.3) is 5.73 Å². The maximum Gasteiger partial charge on any atom is 0.326 e. The van der Waals surface area contributed by atoms with Crippen molar-refractivity contribution in [2.45, 2.75) is 81.2 Å². The molecule has 0 aromatic heterocycles. The molecule has 164 valence electrons. The summed E-state index contributed by atoms with van der Waals surface area (Å²) in [5.74, 6) is -5.22. The lowest BCUT2D eigenvalue weighted by atomic mass is 9.90. The monoisotopic (exact) mass is 417 g/mol. The Labute approximate surface area is 167 Å². The Balaban J connectivity index is 0.000000426. The van der Waals surface area contributed by atoms with Crippen LogP contribution in [-0.4, -0.2) is 59.7 Å². The van der Waals surface area contributed by atoms with Gasteiger partial charge in [-0.2, -0.15) is 5.26 Å². The highest BCUT2D eigenvalue weighted by atomic mass is 19.3. The number of alkyl halides is 2. The SMILES string of the molecule is CC(F)(F)C[C@H](NC(=O)NC1CCC2(CC1)OCCO2)C(=O)O.N#CC1([NH-])CC1. The van der Waals surface area contributed by atoms with Gasteiger partial charge in [0, 0.05) is 31.4 Å². The summed E-state index contributed by atoms with van der Waals surface area (Å²) >= 11 is 0. The van der Waals surface area contributed by atoms with Crippen LogP contribution in [0, 0.1) is 11.3 Å². The van der Waals surface area contributed by atoms with Crippen molar-refractivity contribution in [3.63, 3.8) is 0 Å². The van der Waals surface area contributed by atoms with E-state index in [2.05, 4.69) is 10.6 Å². The van der Waals surface area contributed by atoms with Gasteiger partial charge >= 0.3 is 12.0 Å². The molecule has 1 spiro atoms. The van der Waals surface area contributed by atoms with Gasteiger partial charge in [0.25, 0.3) is 0 Å². The highest BCUT2D eigenvalue weighted by molar-refractivity contribution is 5.82. The van der Waals surface area contributed by atoms with Gasteiger partial charge in [-0.3, -0.25) is 0 Å². The molecule has 29 heavy (non-hydrogen) atoms. The number of amides is 2. The van der Waals surface area contributed by atoms with Gasteiger partial charge in [-0.1, -0.05) is 12.8 Å². The number of carboxylic acid groups (broad SMARTS) is 1. The second-order valence-corrected chi connectivity index (χ2v) is 7.86. The maximum atomic E-state index is 12.9. The number of halogens is 2. The molecule has 0 unspecified atom stereocenters. The van der Waals surface area contributed by atoms with Crippen molar-refractivity contribution in [2.24, 2.45) is 0 Å². The predicted octanol–water partition coefficient (Wildman–Crippen LogP) is 2.56. The van der Waals surface area contributed by atoms with Gasteiger partial charge in [0.1, 0.15) is 6.04 Å². The molecule has 2 aliphatic carbocycles. The topological polar surface area (TPSA) is 144 Å². The van der Waals surface area contributed by atoms with Crippen molar-refractivity contribution in [2.75, 3.05) is 13.2 Å². The zero-order valence-electron chi connectivity index (χ0n) is 16.3. The number of carbonyl (C=O) groups is 2. The fourth-order valence-electron chi connectivity index (χ4n) is 3.17. The minimum absolute atomic E-state index is 0.162. The molecule has 1 atom stereocenters. The Bertz CT molecular complexity index is 629. The fourth-order valence-corrected chi connectivity index (χ4v) is 3.17. The number of rotatable bonds is 5. The van der Waals surface area contributed by atoms with Crippen molar-refractivity contribution in [1.29, 1.82) is 5.26 Å². The molecular formula is C18H27F2N4O5-. The first-order chi connectivity index (χ1) is 13.5. The van der Waals surface area contributed by atoms with E-state index >= 15 is 0 Å². The summed E-state index contributed by atoms with van der Waals surface area (Å²) in [6.45, 7) is 1.74. The first-order valence-corrected chi connectivity index (χ1v) is 9.58. The second-order valence-electron chi connectivity index (χ2n) is 7.86. The van der Waals surface area contributed by atoms with E-state index in [1.54, 1.807) is 0 Å². The molecule has 1 heterocycles. The summed E-state index contributed by atoms with van der Waals surface area (Å²) in [4.78, 5) is 22.8. The minimum atomic E-state index is -3.18. The molecule has 1 saturated heterocycles. The van der Waals surface area contributed by atoms with Gasteiger partial charge in [-0.25, -0.2) is 18.4 Å². The van der Waals surface area contributed by atoms with E-state index in [1.807, 2.05) is 6.07 Å². The standard InChI is InChI=1S/C14H22F2N2O5.C4H5N2/c1-13(15,16)8-10(11(19)20)18-12(21)17-9-2-4-14(5-3-9)22-6-7-23-14;5-3-4(6)1-2-4/h9-10H,2-8H2,1H3,(H,19,20)(H2,17,18,21);6H,1-2H2/q;-1/t10-;/m0./s1. The molecule has 0 aromatic carbocycles. The lowest BCUT2D eigenvalue weighted by Crippen LogP contribution is -2.52. The average Bonchev–Trinajstić information content (AvgIpc) is 3.21. The Hall–Kier alpha value is -2.03. The lowest BCUT2D eigenvalue weighted by molar-refractivity contribution is -0.179. The largest absolute Gasteiger partial charge is 0.660 e. The third kappa shape index (κ3) is 7.72. The summed E-state index contributed by atoms with van der Waals surface area (Å²) in [5.41, 5.74) is 6.28. The summed E-state index contributed by atoms with van der Waals surface area (Å²) in [6.07, 6.45) is 3.11. The molecule has 0 radical (unpaired) electrons. The summed E-state index contributed by atoms with van der Waals surface area (Å²) < 4.78 is 37.0. The molecular weight excluding hydrogens is 390 g/mol. The van der Waals surface area contributed by atoms with Crippen LogP contribution in [0.1, 0.15) is 51.9 Å². The van der Waals surface area contributed by atoms with Crippen molar-refractivity contribution in [3.05, 3.63) is 5.73 Å². The lowest BCUT2D eigenvalue weighted by Gasteiger charge is -2.35. The normalized spacial score (nSPS) is 23.3. The predicted molar refractivity (Wildman–Crippen MR) is 97.1 cm³/mol. The molecule has 0 aromatic rings. The number of carbonyl (C=O) groups excluding carboxylic acids is 1. The molecule has 1 aliphatic heterocycles. The third-order valence-corrected chi connectivity index (χ3v) is 5.03. The molecule has 0 bridgehead atoms. The quantitative estimate of drug-likeness (QED) is 0.627. The van der Waals surface area contributed by atoms with Crippen LogP contribution in [0.4, 0.5) is 13.6 Å². The summed E-state index contributed by atoms with van der Waals surface area (Å²) in [5, 5.41) is 21.7. The van der Waals surface area contributed by atoms with E-state index in [0.717, 1.165) is 12.8 Å². The third-order valence-electron chi connectivity index (χ3n) is 5.03. The van der Waals surface area contributed by atoms with Gasteiger partial charge in [0.15, 0.2) is 5.79 Å². The van der Waals surface area contributed by atoms with Crippen LogP contribution >= 0.6 is 0 Å². The molecule has 3 fully saturated rings. The van der Waals surface area contributed by atoms with E-state index < -0.39 is 41.7 Å². The molecule has 9 nitrogen and oxygen atoms in total. The van der Waals surface area contributed by atoms with Gasteiger partial charge < -0.3 is 30.9 Å². The molecule has 2 amide bonds. The van der Waals surface area contributed by atoms with Crippen LogP contribution < -0.4 is 10.6 Å². The van der Waals surface area contributed by atoms with Crippen LogP contribution in [-0.2, 0) is 14.3 Å². The summed E-state index contributed by atoms with van der Waals surface area (Å²) in [7, 11) is 0. The van der Waals surface area contributed by atoms with Gasteiger partial charge in [0.2, 0.25) is 5.92 Å². The number of nitrogens with zero attached hydrogens (tertiary/aromatic N) is 1. The Morgan fingerprint density at radius 1 is 1.28 bits per heavy atom. The van der Waals surface area contributed by atoms with Crippen LogP contribution in [0.15, 0.2) is 0 Å². The zero-order chi connectivity index (χ0) is 21.7. The number of carboxylic acids is 1. The van der Waals surface area contributed by atoms with Gasteiger partial charge in [0.05, 0.1) is 13.2 Å². The van der Waals surface area contributed by atoms with Crippen molar-refractivity contribution >= 4 is 12.0 Å². The number of aliphatic carboxylic acids is 1. The maximum absolute atomic E-state index is 12.9. The van der Waals surface area contributed by atoms with Crippen LogP contribution in [0.5, 0.6) is 0 Å². The minimum Gasteiger partial charge on any atom is -0.660 e. The smallest absolute Gasteiger partial charge is 0.326 e. The molecule has 3 rings (SSSR count). The Morgan fingerprint density at radius 3 is 2.21 bits per heavy atom. The molecule has 4 N–H and O–H groups in total. The first kappa shape index (κ1) is 23.3. The molecule has 11 heteroatoms. The average molecular weight is 417 g/mol. The molecule has 2 saturated carbocycles. The van der Waals surface area contributed by atoms with Crippen LogP contribution in [0.2, 0.25) is 0 Å².